The lowest BCUT2D eigenvalue weighted by Crippen LogP contribution is -2.31. The van der Waals surface area contributed by atoms with E-state index >= 15 is 0 Å². The summed E-state index contributed by atoms with van der Waals surface area (Å²) in [7, 11) is 0. The lowest BCUT2D eigenvalue weighted by molar-refractivity contribution is -0.131. The number of amides is 1. The van der Waals surface area contributed by atoms with Gasteiger partial charge in [-0.3, -0.25) is 4.79 Å². The lowest BCUT2D eigenvalue weighted by Gasteiger charge is -2.20. The predicted octanol–water partition coefficient (Wildman–Crippen LogP) is 2.41. The minimum Gasteiger partial charge on any atom is -0.342 e. The van der Waals surface area contributed by atoms with Crippen LogP contribution in [0.5, 0.6) is 0 Å². The molecule has 1 aliphatic heterocycles. The van der Waals surface area contributed by atoms with Gasteiger partial charge in [0, 0.05) is 13.1 Å². The molecule has 0 spiro atoms. The van der Waals surface area contributed by atoms with Crippen molar-refractivity contribution in [3.8, 4) is 0 Å². The van der Waals surface area contributed by atoms with Crippen LogP contribution >= 0.6 is 0 Å². The van der Waals surface area contributed by atoms with E-state index in [1.165, 1.54) is 0 Å². The van der Waals surface area contributed by atoms with Gasteiger partial charge in [-0.25, -0.2) is 0 Å². The Balaban J connectivity index is 2.07. The summed E-state index contributed by atoms with van der Waals surface area (Å²) < 4.78 is 0. The van der Waals surface area contributed by atoms with Gasteiger partial charge in [0.2, 0.25) is 5.91 Å². The van der Waals surface area contributed by atoms with E-state index in [1.807, 2.05) is 42.2 Å². The number of hydrogen-bond donors (Lipinski definition) is 0. The monoisotopic (exact) mass is 203 g/mol. The standard InChI is InChI=1S/C13H17NO/c1-11(12-7-3-2-4-8-12)13(15)14-9-5-6-10-14/h2-4,7-8,11H,5-6,9-10H2,1H3/t11-/m1/s1. The van der Waals surface area contributed by atoms with Gasteiger partial charge in [-0.2, -0.15) is 0 Å². The lowest BCUT2D eigenvalue weighted by atomic mass is 10.00. The summed E-state index contributed by atoms with van der Waals surface area (Å²) in [4.78, 5) is 14.1. The van der Waals surface area contributed by atoms with Crippen molar-refractivity contribution in [3.05, 3.63) is 35.9 Å². The van der Waals surface area contributed by atoms with Crippen molar-refractivity contribution in [1.82, 2.24) is 4.90 Å². The zero-order valence-corrected chi connectivity index (χ0v) is 9.15. The van der Waals surface area contributed by atoms with Gasteiger partial charge in [0.1, 0.15) is 0 Å². The number of carbonyl (C=O) groups is 1. The number of hydrogen-bond acceptors (Lipinski definition) is 1. The Morgan fingerprint density at radius 1 is 1.20 bits per heavy atom. The summed E-state index contributed by atoms with van der Waals surface area (Å²) in [5, 5.41) is 0. The van der Waals surface area contributed by atoms with Gasteiger partial charge < -0.3 is 4.90 Å². The van der Waals surface area contributed by atoms with Crippen molar-refractivity contribution < 1.29 is 4.79 Å². The van der Waals surface area contributed by atoms with Crippen LogP contribution in [-0.2, 0) is 4.79 Å². The smallest absolute Gasteiger partial charge is 0.229 e. The first-order valence-electron chi connectivity index (χ1n) is 5.63. The molecule has 0 saturated carbocycles. The Morgan fingerprint density at radius 3 is 2.40 bits per heavy atom. The number of likely N-dealkylation sites (tertiary alicyclic amines) is 1. The molecule has 2 heteroatoms. The van der Waals surface area contributed by atoms with Crippen LogP contribution in [0.4, 0.5) is 0 Å². The Bertz CT molecular complexity index is 328. The molecular formula is C13H17NO. The SMILES string of the molecule is C[C@@H](C(=O)N1CCCC1)c1ccccc1. The fraction of sp³-hybridized carbons (Fsp3) is 0.462. The van der Waals surface area contributed by atoms with E-state index in [1.54, 1.807) is 0 Å². The molecule has 0 N–H and O–H groups in total. The number of nitrogens with zero attached hydrogens (tertiary/aromatic N) is 1. The van der Waals surface area contributed by atoms with Crippen LogP contribution in [0, 0.1) is 0 Å². The van der Waals surface area contributed by atoms with E-state index in [9.17, 15) is 4.79 Å². The molecular weight excluding hydrogens is 186 g/mol. The normalized spacial score (nSPS) is 17.8. The third kappa shape index (κ3) is 2.20. The highest BCUT2D eigenvalue weighted by atomic mass is 16.2. The molecule has 1 heterocycles. The molecule has 1 saturated heterocycles. The van der Waals surface area contributed by atoms with E-state index in [-0.39, 0.29) is 11.8 Å². The third-order valence-corrected chi connectivity index (χ3v) is 3.09. The number of carbonyl (C=O) groups excluding carboxylic acids is 1. The topological polar surface area (TPSA) is 20.3 Å². The van der Waals surface area contributed by atoms with Crippen molar-refractivity contribution >= 4 is 5.91 Å². The van der Waals surface area contributed by atoms with Crippen LogP contribution in [0.15, 0.2) is 30.3 Å². The molecule has 2 nitrogen and oxygen atoms in total. The maximum atomic E-state index is 12.1. The molecule has 0 radical (unpaired) electrons. The summed E-state index contributed by atoms with van der Waals surface area (Å²) in [5.74, 6) is 0.281. The summed E-state index contributed by atoms with van der Waals surface area (Å²) >= 11 is 0. The van der Waals surface area contributed by atoms with Crippen LogP contribution in [0.25, 0.3) is 0 Å². The molecule has 80 valence electrons. The molecule has 15 heavy (non-hydrogen) atoms. The fourth-order valence-electron chi connectivity index (χ4n) is 2.10. The molecule has 0 aliphatic carbocycles. The first-order valence-corrected chi connectivity index (χ1v) is 5.63. The van der Waals surface area contributed by atoms with Crippen molar-refractivity contribution in [1.29, 1.82) is 0 Å². The van der Waals surface area contributed by atoms with Crippen LogP contribution in [-0.4, -0.2) is 23.9 Å². The molecule has 1 aliphatic rings. The van der Waals surface area contributed by atoms with E-state index in [4.69, 9.17) is 0 Å². The molecule has 0 bridgehead atoms. The van der Waals surface area contributed by atoms with Gasteiger partial charge in [0.25, 0.3) is 0 Å². The Labute approximate surface area is 90.9 Å². The zero-order valence-electron chi connectivity index (χ0n) is 9.15. The van der Waals surface area contributed by atoms with Crippen molar-refractivity contribution in [2.75, 3.05) is 13.1 Å². The van der Waals surface area contributed by atoms with Crippen LogP contribution in [0.2, 0.25) is 0 Å². The molecule has 0 unspecified atom stereocenters. The summed E-state index contributed by atoms with van der Waals surface area (Å²) in [6.07, 6.45) is 2.32. The van der Waals surface area contributed by atoms with Crippen molar-refractivity contribution in [2.24, 2.45) is 0 Å². The summed E-state index contributed by atoms with van der Waals surface area (Å²) in [6.45, 7) is 3.88. The average molecular weight is 203 g/mol. The minimum absolute atomic E-state index is 0.00398. The second-order valence-corrected chi connectivity index (χ2v) is 4.16. The zero-order chi connectivity index (χ0) is 10.7. The molecule has 1 amide bonds. The van der Waals surface area contributed by atoms with Crippen LogP contribution in [0.1, 0.15) is 31.2 Å². The van der Waals surface area contributed by atoms with Gasteiger partial charge in [-0.15, -0.1) is 0 Å². The Hall–Kier alpha value is -1.31. The molecule has 1 aromatic rings. The highest BCUT2D eigenvalue weighted by Crippen LogP contribution is 2.20. The second kappa shape index (κ2) is 4.47. The minimum atomic E-state index is 0.00398. The Kier molecular flexibility index (Phi) is 3.05. The van der Waals surface area contributed by atoms with E-state index in [2.05, 4.69) is 0 Å². The largest absolute Gasteiger partial charge is 0.342 e. The highest BCUT2D eigenvalue weighted by molar-refractivity contribution is 5.83. The van der Waals surface area contributed by atoms with Gasteiger partial charge in [-0.1, -0.05) is 30.3 Å². The van der Waals surface area contributed by atoms with Crippen molar-refractivity contribution in [2.45, 2.75) is 25.7 Å². The van der Waals surface area contributed by atoms with Gasteiger partial charge >= 0.3 is 0 Å². The van der Waals surface area contributed by atoms with Crippen molar-refractivity contribution in [3.63, 3.8) is 0 Å². The highest BCUT2D eigenvalue weighted by Gasteiger charge is 2.23. The van der Waals surface area contributed by atoms with Gasteiger partial charge in [0.15, 0.2) is 0 Å². The predicted molar refractivity (Wildman–Crippen MR) is 60.7 cm³/mol. The molecule has 1 fully saturated rings. The van der Waals surface area contributed by atoms with Gasteiger partial charge in [-0.05, 0) is 25.3 Å². The fourth-order valence-corrected chi connectivity index (χ4v) is 2.10. The quantitative estimate of drug-likeness (QED) is 0.722. The molecule has 1 aromatic carbocycles. The van der Waals surface area contributed by atoms with E-state index < -0.39 is 0 Å². The molecule has 0 aromatic heterocycles. The first kappa shape index (κ1) is 10.2. The molecule has 2 rings (SSSR count). The van der Waals surface area contributed by atoms with Crippen LogP contribution < -0.4 is 0 Å². The molecule has 1 atom stereocenters. The average Bonchev–Trinajstić information content (AvgIpc) is 2.82. The van der Waals surface area contributed by atoms with Gasteiger partial charge in [0.05, 0.1) is 5.92 Å². The van der Waals surface area contributed by atoms with E-state index in [0.29, 0.717) is 0 Å². The third-order valence-electron chi connectivity index (χ3n) is 3.09. The number of benzene rings is 1. The summed E-state index contributed by atoms with van der Waals surface area (Å²) in [6, 6.07) is 10.0. The Morgan fingerprint density at radius 2 is 1.80 bits per heavy atom. The maximum absolute atomic E-state index is 12.1. The number of rotatable bonds is 2. The summed E-state index contributed by atoms with van der Waals surface area (Å²) in [5.41, 5.74) is 1.12. The maximum Gasteiger partial charge on any atom is 0.229 e. The van der Waals surface area contributed by atoms with E-state index in [0.717, 1.165) is 31.5 Å². The second-order valence-electron chi connectivity index (χ2n) is 4.16. The van der Waals surface area contributed by atoms with Crippen LogP contribution in [0.3, 0.4) is 0 Å². The first-order chi connectivity index (χ1) is 7.29.